The number of benzene rings is 1. The lowest BCUT2D eigenvalue weighted by molar-refractivity contribution is -0.142. The molecule has 3 rings (SSSR count). The van der Waals surface area contributed by atoms with Crippen LogP contribution in [0.15, 0.2) is 36.4 Å². The number of hydrogen-bond donors (Lipinski definition) is 0. The van der Waals surface area contributed by atoms with Crippen LogP contribution in [0.25, 0.3) is 0 Å². The highest BCUT2D eigenvalue weighted by Crippen LogP contribution is 2.40. The Labute approximate surface area is 183 Å². The molecule has 1 saturated heterocycles. The van der Waals surface area contributed by atoms with Gasteiger partial charge in [0.25, 0.3) is 0 Å². The van der Waals surface area contributed by atoms with Gasteiger partial charge >= 0.3 is 5.97 Å². The van der Waals surface area contributed by atoms with Crippen LogP contribution in [0.3, 0.4) is 0 Å². The summed E-state index contributed by atoms with van der Waals surface area (Å²) in [6, 6.07) is 8.64. The molecule has 1 aliphatic heterocycles. The zero-order chi connectivity index (χ0) is 21.5. The average Bonchev–Trinajstić information content (AvgIpc) is 3.10. The lowest BCUT2D eigenvalue weighted by Gasteiger charge is -2.32. The van der Waals surface area contributed by atoms with Gasteiger partial charge in [-0.25, -0.2) is 4.79 Å². The molecule has 2 fully saturated rings. The molecule has 0 radical (unpaired) electrons. The fraction of sp³-hybridized carbons (Fsp3) is 0.667. The quantitative estimate of drug-likeness (QED) is 0.231. The fourth-order valence-electron chi connectivity index (χ4n) is 5.19. The van der Waals surface area contributed by atoms with Gasteiger partial charge in [-0.15, -0.1) is 0 Å². The van der Waals surface area contributed by atoms with E-state index in [0.717, 1.165) is 24.0 Å². The molecule has 1 heterocycles. The number of rotatable bonds is 10. The predicted molar refractivity (Wildman–Crippen MR) is 123 cm³/mol. The number of cyclic esters (lactones) is 1. The molecule has 0 amide bonds. The first-order valence-corrected chi connectivity index (χ1v) is 12.2. The SMILES string of the molecule is C=C1CC(C(CC)Oc2ccc(C3CCC(C(C)CCCCC)CC3)cc2)OC1=O. The lowest BCUT2D eigenvalue weighted by atomic mass is 9.73. The minimum atomic E-state index is -0.285. The topological polar surface area (TPSA) is 35.5 Å². The number of esters is 1. The summed E-state index contributed by atoms with van der Waals surface area (Å²) in [5.41, 5.74) is 1.99. The molecule has 0 N–H and O–H groups in total. The third-order valence-electron chi connectivity index (χ3n) is 7.29. The molecule has 2 aliphatic rings. The van der Waals surface area contributed by atoms with Crippen LogP contribution in [-0.2, 0) is 9.53 Å². The summed E-state index contributed by atoms with van der Waals surface area (Å²) in [4.78, 5) is 11.6. The highest BCUT2D eigenvalue weighted by Gasteiger charge is 2.34. The Morgan fingerprint density at radius 2 is 1.80 bits per heavy atom. The summed E-state index contributed by atoms with van der Waals surface area (Å²) in [5.74, 6) is 3.04. The van der Waals surface area contributed by atoms with Gasteiger partial charge in [-0.1, -0.05) is 65.2 Å². The summed E-state index contributed by atoms with van der Waals surface area (Å²) in [6.07, 6.45) is 11.9. The van der Waals surface area contributed by atoms with Gasteiger partial charge in [0.05, 0.1) is 0 Å². The van der Waals surface area contributed by atoms with Gasteiger partial charge in [0, 0.05) is 12.0 Å². The molecular formula is C27H40O3. The molecule has 1 saturated carbocycles. The standard InChI is InChI=1S/C27H40O3/c1-5-7-8-9-19(3)21-10-12-22(13-11-21)23-14-16-24(17-15-23)29-25(6-2)26-18-20(4)27(28)30-26/h14-17,19,21-22,25-26H,4-13,18H2,1-3H3. The van der Waals surface area contributed by atoms with E-state index in [1.54, 1.807) is 0 Å². The van der Waals surface area contributed by atoms with E-state index in [1.165, 1.54) is 56.9 Å². The van der Waals surface area contributed by atoms with Crippen molar-refractivity contribution in [1.29, 1.82) is 0 Å². The van der Waals surface area contributed by atoms with Gasteiger partial charge in [-0.3, -0.25) is 0 Å². The van der Waals surface area contributed by atoms with Crippen LogP contribution in [0.5, 0.6) is 5.75 Å². The maximum Gasteiger partial charge on any atom is 0.333 e. The van der Waals surface area contributed by atoms with E-state index in [9.17, 15) is 4.79 Å². The van der Waals surface area contributed by atoms with E-state index in [0.29, 0.717) is 17.9 Å². The monoisotopic (exact) mass is 412 g/mol. The maximum absolute atomic E-state index is 11.6. The van der Waals surface area contributed by atoms with Crippen LogP contribution in [0.4, 0.5) is 0 Å². The number of carbonyl (C=O) groups excluding carboxylic acids is 1. The Morgan fingerprint density at radius 3 is 2.37 bits per heavy atom. The van der Waals surface area contributed by atoms with Gasteiger partial charge in [0.15, 0.2) is 0 Å². The molecule has 3 unspecified atom stereocenters. The highest BCUT2D eigenvalue weighted by molar-refractivity contribution is 5.90. The second-order valence-corrected chi connectivity index (χ2v) is 9.47. The number of ether oxygens (including phenoxy) is 2. The number of unbranched alkanes of at least 4 members (excludes halogenated alkanes) is 2. The maximum atomic E-state index is 11.6. The Morgan fingerprint density at radius 1 is 1.10 bits per heavy atom. The van der Waals surface area contributed by atoms with Crippen LogP contribution >= 0.6 is 0 Å². The van der Waals surface area contributed by atoms with Crippen molar-refractivity contribution in [2.75, 3.05) is 0 Å². The van der Waals surface area contributed by atoms with E-state index in [2.05, 4.69) is 51.6 Å². The van der Waals surface area contributed by atoms with Crippen molar-refractivity contribution in [2.45, 2.75) is 103 Å². The van der Waals surface area contributed by atoms with Crippen molar-refractivity contribution in [1.82, 2.24) is 0 Å². The molecule has 3 nitrogen and oxygen atoms in total. The molecule has 166 valence electrons. The van der Waals surface area contributed by atoms with Crippen molar-refractivity contribution >= 4 is 5.97 Å². The molecule has 0 bridgehead atoms. The fourth-order valence-corrected chi connectivity index (χ4v) is 5.19. The summed E-state index contributed by atoms with van der Waals surface area (Å²) in [6.45, 7) is 10.6. The molecule has 1 aromatic carbocycles. The molecule has 0 spiro atoms. The van der Waals surface area contributed by atoms with Crippen LogP contribution in [-0.4, -0.2) is 18.2 Å². The Kier molecular flexibility index (Phi) is 8.41. The van der Waals surface area contributed by atoms with Gasteiger partial charge in [0.2, 0.25) is 0 Å². The Balaban J connectivity index is 1.49. The largest absolute Gasteiger partial charge is 0.487 e. The number of carbonyl (C=O) groups is 1. The summed E-state index contributed by atoms with van der Waals surface area (Å²) >= 11 is 0. The van der Waals surface area contributed by atoms with Crippen molar-refractivity contribution in [3.05, 3.63) is 42.0 Å². The Bertz CT molecular complexity index is 669. The van der Waals surface area contributed by atoms with E-state index in [1.807, 2.05) is 0 Å². The second-order valence-electron chi connectivity index (χ2n) is 9.47. The van der Waals surface area contributed by atoms with Crippen LogP contribution < -0.4 is 4.74 Å². The van der Waals surface area contributed by atoms with Crippen molar-refractivity contribution in [2.24, 2.45) is 11.8 Å². The third-order valence-corrected chi connectivity index (χ3v) is 7.29. The van der Waals surface area contributed by atoms with E-state index < -0.39 is 0 Å². The van der Waals surface area contributed by atoms with Crippen molar-refractivity contribution < 1.29 is 14.3 Å². The third kappa shape index (κ3) is 5.89. The van der Waals surface area contributed by atoms with E-state index >= 15 is 0 Å². The van der Waals surface area contributed by atoms with Gasteiger partial charge < -0.3 is 9.47 Å². The zero-order valence-electron chi connectivity index (χ0n) is 19.2. The summed E-state index contributed by atoms with van der Waals surface area (Å²) < 4.78 is 11.6. The molecule has 0 aromatic heterocycles. The molecule has 3 heteroatoms. The van der Waals surface area contributed by atoms with E-state index in [4.69, 9.17) is 9.47 Å². The molecular weight excluding hydrogens is 372 g/mol. The smallest absolute Gasteiger partial charge is 0.333 e. The van der Waals surface area contributed by atoms with E-state index in [-0.39, 0.29) is 18.2 Å². The van der Waals surface area contributed by atoms with Crippen LogP contribution in [0.2, 0.25) is 0 Å². The summed E-state index contributed by atoms with van der Waals surface area (Å²) in [7, 11) is 0. The van der Waals surface area contributed by atoms with Crippen molar-refractivity contribution in [3.8, 4) is 5.75 Å². The predicted octanol–water partition coefficient (Wildman–Crippen LogP) is 7.21. The minimum Gasteiger partial charge on any atom is -0.487 e. The molecule has 3 atom stereocenters. The number of hydrogen-bond acceptors (Lipinski definition) is 3. The Hall–Kier alpha value is -1.77. The molecule has 1 aliphatic carbocycles. The lowest BCUT2D eigenvalue weighted by Crippen LogP contribution is -2.31. The second kappa shape index (κ2) is 11.0. The van der Waals surface area contributed by atoms with Crippen LogP contribution in [0.1, 0.15) is 96.5 Å². The normalized spacial score (nSPS) is 26.3. The highest BCUT2D eigenvalue weighted by atomic mass is 16.6. The first-order valence-electron chi connectivity index (χ1n) is 12.2. The first-order chi connectivity index (χ1) is 14.5. The zero-order valence-corrected chi connectivity index (χ0v) is 19.2. The van der Waals surface area contributed by atoms with Gasteiger partial charge in [-0.2, -0.15) is 0 Å². The first kappa shape index (κ1) is 22.9. The van der Waals surface area contributed by atoms with Gasteiger partial charge in [-0.05, 0) is 67.6 Å². The van der Waals surface area contributed by atoms with Crippen molar-refractivity contribution in [3.63, 3.8) is 0 Å². The average molecular weight is 413 g/mol. The summed E-state index contributed by atoms with van der Waals surface area (Å²) in [5, 5.41) is 0. The molecule has 1 aromatic rings. The van der Waals surface area contributed by atoms with Crippen LogP contribution in [0, 0.1) is 11.8 Å². The van der Waals surface area contributed by atoms with Gasteiger partial charge in [0.1, 0.15) is 18.0 Å². The minimum absolute atomic E-state index is 0.122. The molecule has 30 heavy (non-hydrogen) atoms.